The van der Waals surface area contributed by atoms with E-state index in [1.807, 2.05) is 0 Å². The first-order chi connectivity index (χ1) is 8.31. The first-order valence-corrected chi connectivity index (χ1v) is 6.80. The number of hydrogen-bond acceptors (Lipinski definition) is 2. The van der Waals surface area contributed by atoms with E-state index in [2.05, 4.69) is 36.1 Å². The summed E-state index contributed by atoms with van der Waals surface area (Å²) < 4.78 is 0. The van der Waals surface area contributed by atoms with Gasteiger partial charge in [-0.3, -0.25) is 4.90 Å². The first kappa shape index (κ1) is 12.6. The molecule has 0 aliphatic carbocycles. The molecular weight excluding hydrogens is 208 g/mol. The van der Waals surface area contributed by atoms with Gasteiger partial charge < -0.3 is 5.73 Å². The fourth-order valence-electron chi connectivity index (χ4n) is 2.82. The lowest BCUT2D eigenvalue weighted by atomic mass is 10.0. The van der Waals surface area contributed by atoms with Crippen LogP contribution in [0.15, 0.2) is 24.3 Å². The Hall–Kier alpha value is -0.860. The van der Waals surface area contributed by atoms with Crippen LogP contribution in [0.4, 0.5) is 0 Å². The Labute approximate surface area is 105 Å². The van der Waals surface area contributed by atoms with Crippen LogP contribution in [-0.2, 0) is 6.42 Å². The molecule has 2 nitrogen and oxygen atoms in total. The summed E-state index contributed by atoms with van der Waals surface area (Å²) in [5, 5.41) is 0. The third-order valence-electron chi connectivity index (χ3n) is 3.92. The maximum Gasteiger partial charge on any atom is 0.0218 e. The number of likely N-dealkylation sites (tertiary alicyclic amines) is 1. The SMILES string of the molecule is Cc1ccccc1CCCN1CCCC1CN. The molecular formula is C15H24N2. The molecule has 17 heavy (non-hydrogen) atoms. The summed E-state index contributed by atoms with van der Waals surface area (Å²) in [5.41, 5.74) is 8.71. The zero-order chi connectivity index (χ0) is 12.1. The molecule has 1 saturated heterocycles. The van der Waals surface area contributed by atoms with Gasteiger partial charge in [0.15, 0.2) is 0 Å². The molecule has 0 spiro atoms. The van der Waals surface area contributed by atoms with Crippen LogP contribution < -0.4 is 5.73 Å². The summed E-state index contributed by atoms with van der Waals surface area (Å²) in [5.74, 6) is 0. The minimum Gasteiger partial charge on any atom is -0.329 e. The summed E-state index contributed by atoms with van der Waals surface area (Å²) in [6, 6.07) is 9.35. The van der Waals surface area contributed by atoms with Crippen LogP contribution in [0.3, 0.4) is 0 Å². The van der Waals surface area contributed by atoms with E-state index >= 15 is 0 Å². The van der Waals surface area contributed by atoms with Gasteiger partial charge in [0.25, 0.3) is 0 Å². The molecule has 2 N–H and O–H groups in total. The van der Waals surface area contributed by atoms with Gasteiger partial charge >= 0.3 is 0 Å². The molecule has 0 bridgehead atoms. The van der Waals surface area contributed by atoms with Crippen LogP contribution in [-0.4, -0.2) is 30.6 Å². The number of aryl methyl sites for hydroxylation is 2. The highest BCUT2D eigenvalue weighted by molar-refractivity contribution is 5.25. The molecule has 1 fully saturated rings. The topological polar surface area (TPSA) is 29.3 Å². The highest BCUT2D eigenvalue weighted by Gasteiger charge is 2.22. The lowest BCUT2D eigenvalue weighted by Gasteiger charge is -2.23. The Balaban J connectivity index is 1.78. The Bertz CT molecular complexity index is 349. The normalized spacial score (nSPS) is 20.9. The van der Waals surface area contributed by atoms with Gasteiger partial charge in [-0.2, -0.15) is 0 Å². The maximum atomic E-state index is 5.79. The molecule has 1 aromatic carbocycles. The lowest BCUT2D eigenvalue weighted by Crippen LogP contribution is -2.36. The van der Waals surface area contributed by atoms with Crippen LogP contribution in [0.2, 0.25) is 0 Å². The molecule has 1 aromatic rings. The largest absolute Gasteiger partial charge is 0.329 e. The second-order valence-corrected chi connectivity index (χ2v) is 5.10. The van der Waals surface area contributed by atoms with Crippen molar-refractivity contribution in [1.82, 2.24) is 4.90 Å². The van der Waals surface area contributed by atoms with Crippen molar-refractivity contribution in [3.8, 4) is 0 Å². The molecule has 1 aliphatic rings. The van der Waals surface area contributed by atoms with Crippen molar-refractivity contribution in [3.63, 3.8) is 0 Å². The van der Waals surface area contributed by atoms with Crippen molar-refractivity contribution in [2.45, 2.75) is 38.6 Å². The van der Waals surface area contributed by atoms with Crippen molar-refractivity contribution >= 4 is 0 Å². The predicted molar refractivity (Wildman–Crippen MR) is 73.1 cm³/mol. The smallest absolute Gasteiger partial charge is 0.0218 e. The van der Waals surface area contributed by atoms with Gasteiger partial charge in [0, 0.05) is 12.6 Å². The highest BCUT2D eigenvalue weighted by Crippen LogP contribution is 2.17. The number of rotatable bonds is 5. The summed E-state index contributed by atoms with van der Waals surface area (Å²) in [6.45, 7) is 5.48. The number of nitrogens with zero attached hydrogens (tertiary/aromatic N) is 1. The van der Waals surface area contributed by atoms with Crippen molar-refractivity contribution in [2.24, 2.45) is 5.73 Å². The van der Waals surface area contributed by atoms with Gasteiger partial charge in [-0.05, 0) is 56.8 Å². The van der Waals surface area contributed by atoms with Gasteiger partial charge in [0.2, 0.25) is 0 Å². The van der Waals surface area contributed by atoms with Crippen molar-refractivity contribution in [3.05, 3.63) is 35.4 Å². The Morgan fingerprint density at radius 3 is 2.94 bits per heavy atom. The zero-order valence-electron chi connectivity index (χ0n) is 10.9. The molecule has 1 aliphatic heterocycles. The lowest BCUT2D eigenvalue weighted by molar-refractivity contribution is 0.255. The molecule has 2 heteroatoms. The molecule has 1 atom stereocenters. The van der Waals surface area contributed by atoms with Crippen LogP contribution in [0.1, 0.15) is 30.4 Å². The zero-order valence-corrected chi connectivity index (χ0v) is 10.9. The second-order valence-electron chi connectivity index (χ2n) is 5.10. The Morgan fingerprint density at radius 2 is 2.18 bits per heavy atom. The Kier molecular flexibility index (Phi) is 4.57. The fourth-order valence-corrected chi connectivity index (χ4v) is 2.82. The number of benzene rings is 1. The van der Waals surface area contributed by atoms with E-state index in [9.17, 15) is 0 Å². The van der Waals surface area contributed by atoms with E-state index in [4.69, 9.17) is 5.73 Å². The molecule has 0 saturated carbocycles. The highest BCUT2D eigenvalue weighted by atomic mass is 15.2. The van der Waals surface area contributed by atoms with E-state index < -0.39 is 0 Å². The number of nitrogens with two attached hydrogens (primary N) is 1. The molecule has 0 amide bonds. The van der Waals surface area contributed by atoms with Crippen molar-refractivity contribution in [1.29, 1.82) is 0 Å². The standard InChI is InChI=1S/C15H24N2/c1-13-6-2-3-7-14(13)8-4-10-17-11-5-9-15(17)12-16/h2-3,6-7,15H,4-5,8-12,16H2,1H3. The van der Waals surface area contributed by atoms with E-state index in [1.165, 1.54) is 49.9 Å². The van der Waals surface area contributed by atoms with Crippen LogP contribution in [0.25, 0.3) is 0 Å². The van der Waals surface area contributed by atoms with Crippen molar-refractivity contribution in [2.75, 3.05) is 19.6 Å². The van der Waals surface area contributed by atoms with Crippen LogP contribution in [0.5, 0.6) is 0 Å². The summed E-state index contributed by atoms with van der Waals surface area (Å²) in [7, 11) is 0. The van der Waals surface area contributed by atoms with E-state index in [0.717, 1.165) is 6.54 Å². The van der Waals surface area contributed by atoms with Crippen LogP contribution in [0, 0.1) is 6.92 Å². The van der Waals surface area contributed by atoms with Gasteiger partial charge in [-0.25, -0.2) is 0 Å². The quantitative estimate of drug-likeness (QED) is 0.844. The maximum absolute atomic E-state index is 5.79. The minimum atomic E-state index is 0.645. The molecule has 1 unspecified atom stereocenters. The molecule has 0 radical (unpaired) electrons. The average molecular weight is 232 g/mol. The minimum absolute atomic E-state index is 0.645. The summed E-state index contributed by atoms with van der Waals surface area (Å²) >= 11 is 0. The molecule has 2 rings (SSSR count). The van der Waals surface area contributed by atoms with Gasteiger partial charge in [0.1, 0.15) is 0 Å². The van der Waals surface area contributed by atoms with Crippen LogP contribution >= 0.6 is 0 Å². The Morgan fingerprint density at radius 1 is 1.35 bits per heavy atom. The molecule has 0 aromatic heterocycles. The fraction of sp³-hybridized carbons (Fsp3) is 0.600. The van der Waals surface area contributed by atoms with Crippen molar-refractivity contribution < 1.29 is 0 Å². The number of hydrogen-bond donors (Lipinski definition) is 1. The third-order valence-corrected chi connectivity index (χ3v) is 3.92. The summed E-state index contributed by atoms with van der Waals surface area (Å²) in [4.78, 5) is 2.57. The first-order valence-electron chi connectivity index (χ1n) is 6.80. The monoisotopic (exact) mass is 232 g/mol. The van der Waals surface area contributed by atoms with Gasteiger partial charge in [-0.15, -0.1) is 0 Å². The second kappa shape index (κ2) is 6.18. The van der Waals surface area contributed by atoms with Gasteiger partial charge in [0.05, 0.1) is 0 Å². The summed E-state index contributed by atoms with van der Waals surface area (Å²) in [6.07, 6.45) is 5.06. The third kappa shape index (κ3) is 3.30. The van der Waals surface area contributed by atoms with Gasteiger partial charge in [-0.1, -0.05) is 24.3 Å². The van der Waals surface area contributed by atoms with E-state index in [1.54, 1.807) is 0 Å². The van der Waals surface area contributed by atoms with E-state index in [-0.39, 0.29) is 0 Å². The van der Waals surface area contributed by atoms with E-state index in [0.29, 0.717) is 6.04 Å². The predicted octanol–water partition coefficient (Wildman–Crippen LogP) is 2.35. The average Bonchev–Trinajstić information content (AvgIpc) is 2.79. The molecule has 94 valence electrons. The molecule has 1 heterocycles.